The summed E-state index contributed by atoms with van der Waals surface area (Å²) in [7, 11) is -2.33. The second-order valence-electron chi connectivity index (χ2n) is 8.15. The summed E-state index contributed by atoms with van der Waals surface area (Å²) >= 11 is 0. The average molecular weight is 261 g/mol. The first-order chi connectivity index (χ1) is 6.81. The molecule has 1 unspecified atom stereocenters. The molecule has 16 heavy (non-hydrogen) atoms. The lowest BCUT2D eigenvalue weighted by molar-refractivity contribution is 0.153. The zero-order valence-corrected chi connectivity index (χ0v) is 14.9. The molecule has 0 bridgehead atoms. The predicted molar refractivity (Wildman–Crippen MR) is 80.4 cm³/mol. The third-order valence-electron chi connectivity index (χ3n) is 2.40. The Morgan fingerprint density at radius 3 is 1.75 bits per heavy atom. The molecule has 0 rings (SSSR count). The molecule has 0 saturated heterocycles. The Hall–Kier alpha value is 0.394. The van der Waals surface area contributed by atoms with Gasteiger partial charge >= 0.3 is 0 Å². The van der Waals surface area contributed by atoms with Crippen molar-refractivity contribution in [3.05, 3.63) is 0 Å². The van der Waals surface area contributed by atoms with Crippen molar-refractivity contribution in [2.24, 2.45) is 5.41 Å². The van der Waals surface area contributed by atoms with E-state index in [1.807, 2.05) is 0 Å². The minimum absolute atomic E-state index is 0.415. The van der Waals surface area contributed by atoms with Gasteiger partial charge in [0.15, 0.2) is 8.32 Å². The van der Waals surface area contributed by atoms with Crippen molar-refractivity contribution >= 4 is 16.4 Å². The van der Waals surface area contributed by atoms with Crippen LogP contribution in [0.5, 0.6) is 0 Å². The predicted octanol–water partition coefficient (Wildman–Crippen LogP) is 4.98. The zero-order chi connectivity index (χ0) is 13.2. The molecule has 0 aromatic heterocycles. The van der Waals surface area contributed by atoms with Gasteiger partial charge in [-0.1, -0.05) is 39.5 Å². The molecule has 98 valence electrons. The Balaban J connectivity index is 4.26. The Labute approximate surface area is 105 Å². The van der Waals surface area contributed by atoms with E-state index in [1.165, 1.54) is 12.5 Å². The Morgan fingerprint density at radius 2 is 1.44 bits per heavy atom. The molecule has 0 aliphatic rings. The van der Waals surface area contributed by atoms with Crippen molar-refractivity contribution < 1.29 is 4.43 Å². The van der Waals surface area contributed by atoms with Gasteiger partial charge in [-0.3, -0.25) is 0 Å². The van der Waals surface area contributed by atoms with Crippen molar-refractivity contribution in [1.82, 2.24) is 0 Å². The lowest BCUT2D eigenvalue weighted by atomic mass is 9.89. The van der Waals surface area contributed by atoms with Gasteiger partial charge in [-0.15, -0.1) is 0 Å². The van der Waals surface area contributed by atoms with Crippen LogP contribution in [0.2, 0.25) is 45.3 Å². The van der Waals surface area contributed by atoms with E-state index in [0.717, 1.165) is 0 Å². The van der Waals surface area contributed by atoms with Crippen molar-refractivity contribution in [1.29, 1.82) is 0 Å². The van der Waals surface area contributed by atoms with Crippen LogP contribution in [0, 0.1) is 5.41 Å². The average Bonchev–Trinajstić information content (AvgIpc) is 1.70. The molecule has 0 spiro atoms. The normalized spacial score (nSPS) is 16.3. The van der Waals surface area contributed by atoms with Gasteiger partial charge < -0.3 is 4.43 Å². The van der Waals surface area contributed by atoms with E-state index in [0.29, 0.717) is 11.5 Å². The van der Waals surface area contributed by atoms with Gasteiger partial charge in [0.05, 0.1) is 0 Å². The van der Waals surface area contributed by atoms with Crippen LogP contribution in [0.4, 0.5) is 0 Å². The molecule has 0 aliphatic carbocycles. The molecule has 0 aliphatic heterocycles. The molecule has 1 nitrogen and oxygen atoms in total. The van der Waals surface area contributed by atoms with E-state index in [9.17, 15) is 0 Å². The summed E-state index contributed by atoms with van der Waals surface area (Å²) in [5, 5.41) is 0. The maximum Gasteiger partial charge on any atom is 0.184 e. The molecule has 0 aromatic rings. The molecular formula is C13H32OSi2. The summed E-state index contributed by atoms with van der Waals surface area (Å²) in [5.41, 5.74) is 0.434. The highest BCUT2D eigenvalue weighted by Crippen LogP contribution is 2.34. The standard InChI is InChI=1S/C13H32OSi2/c1-12(14-16(7,8)9)10-13(2,3)11-15(4,5)6/h12H,10-11H2,1-9H3. The van der Waals surface area contributed by atoms with Gasteiger partial charge in [0.2, 0.25) is 0 Å². The first kappa shape index (κ1) is 16.4. The largest absolute Gasteiger partial charge is 0.415 e. The quantitative estimate of drug-likeness (QED) is 0.612. The topological polar surface area (TPSA) is 9.23 Å². The molecule has 0 fully saturated rings. The molecular weight excluding hydrogens is 228 g/mol. The lowest BCUT2D eigenvalue weighted by Gasteiger charge is -2.35. The first-order valence-electron chi connectivity index (χ1n) is 6.49. The van der Waals surface area contributed by atoms with Crippen molar-refractivity contribution in [3.8, 4) is 0 Å². The molecule has 3 heteroatoms. The molecule has 1 atom stereocenters. The van der Waals surface area contributed by atoms with E-state index in [4.69, 9.17) is 4.43 Å². The van der Waals surface area contributed by atoms with Gasteiger partial charge in [-0.25, -0.2) is 0 Å². The maximum absolute atomic E-state index is 6.14. The highest BCUT2D eigenvalue weighted by molar-refractivity contribution is 6.76. The van der Waals surface area contributed by atoms with Crippen LogP contribution in [0.1, 0.15) is 27.2 Å². The molecule has 0 N–H and O–H groups in total. The summed E-state index contributed by atoms with van der Waals surface area (Å²) in [6, 6.07) is 1.39. The van der Waals surface area contributed by atoms with Gasteiger partial charge in [0, 0.05) is 14.2 Å². The van der Waals surface area contributed by atoms with Gasteiger partial charge in [-0.05, 0) is 38.4 Å². The van der Waals surface area contributed by atoms with Crippen molar-refractivity contribution in [2.75, 3.05) is 0 Å². The first-order valence-corrected chi connectivity index (χ1v) is 13.6. The molecule has 0 heterocycles. The smallest absolute Gasteiger partial charge is 0.184 e. The highest BCUT2D eigenvalue weighted by Gasteiger charge is 2.30. The second kappa shape index (κ2) is 5.36. The van der Waals surface area contributed by atoms with Gasteiger partial charge in [0.1, 0.15) is 0 Å². The number of hydrogen-bond acceptors (Lipinski definition) is 1. The Kier molecular flexibility index (Phi) is 5.49. The van der Waals surface area contributed by atoms with E-state index in [2.05, 4.69) is 60.1 Å². The van der Waals surface area contributed by atoms with Crippen LogP contribution < -0.4 is 0 Å². The third-order valence-corrected chi connectivity index (χ3v) is 5.53. The van der Waals surface area contributed by atoms with Crippen LogP contribution in [0.3, 0.4) is 0 Å². The second-order valence-corrected chi connectivity index (χ2v) is 18.1. The van der Waals surface area contributed by atoms with Crippen molar-refractivity contribution in [3.63, 3.8) is 0 Å². The third kappa shape index (κ3) is 9.61. The number of rotatable bonds is 6. The van der Waals surface area contributed by atoms with Crippen LogP contribution in [-0.2, 0) is 4.43 Å². The highest BCUT2D eigenvalue weighted by atomic mass is 28.4. The number of hydrogen-bond donors (Lipinski definition) is 0. The monoisotopic (exact) mass is 260 g/mol. The maximum atomic E-state index is 6.14. The molecule has 0 saturated carbocycles. The summed E-state index contributed by atoms with van der Waals surface area (Å²) in [4.78, 5) is 0. The van der Waals surface area contributed by atoms with E-state index >= 15 is 0 Å². The van der Waals surface area contributed by atoms with Crippen LogP contribution in [-0.4, -0.2) is 22.5 Å². The van der Waals surface area contributed by atoms with Gasteiger partial charge in [-0.2, -0.15) is 0 Å². The minimum Gasteiger partial charge on any atom is -0.415 e. The van der Waals surface area contributed by atoms with Crippen LogP contribution in [0.25, 0.3) is 0 Å². The lowest BCUT2D eigenvalue weighted by Crippen LogP contribution is -2.35. The summed E-state index contributed by atoms with van der Waals surface area (Å²) in [6.07, 6.45) is 1.61. The fourth-order valence-electron chi connectivity index (χ4n) is 2.93. The van der Waals surface area contributed by atoms with Gasteiger partial charge in [0.25, 0.3) is 0 Å². The van der Waals surface area contributed by atoms with E-state index in [-0.39, 0.29) is 0 Å². The molecule has 0 radical (unpaired) electrons. The summed E-state index contributed by atoms with van der Waals surface area (Å²) in [6.45, 7) is 21.2. The summed E-state index contributed by atoms with van der Waals surface area (Å²) in [5.74, 6) is 0. The summed E-state index contributed by atoms with van der Waals surface area (Å²) < 4.78 is 6.14. The van der Waals surface area contributed by atoms with Crippen LogP contribution >= 0.6 is 0 Å². The van der Waals surface area contributed by atoms with E-state index in [1.54, 1.807) is 0 Å². The van der Waals surface area contributed by atoms with E-state index < -0.39 is 16.4 Å². The Bertz CT molecular complexity index is 211. The molecule has 0 amide bonds. The minimum atomic E-state index is -1.37. The zero-order valence-electron chi connectivity index (χ0n) is 12.9. The Morgan fingerprint density at radius 1 is 1.00 bits per heavy atom. The SMILES string of the molecule is CC(CC(C)(C)C[Si](C)(C)C)O[Si](C)(C)C. The fourth-order valence-corrected chi connectivity index (χ4v) is 7.24. The van der Waals surface area contributed by atoms with Crippen molar-refractivity contribution in [2.45, 2.75) is 78.6 Å². The fraction of sp³-hybridized carbons (Fsp3) is 1.00. The van der Waals surface area contributed by atoms with Crippen LogP contribution in [0.15, 0.2) is 0 Å². The molecule has 0 aromatic carbocycles.